The second kappa shape index (κ2) is 6.39. The first-order chi connectivity index (χ1) is 8.19. The molecule has 2 aromatic heterocycles. The van der Waals surface area contributed by atoms with Gasteiger partial charge in [-0.05, 0) is 6.92 Å². The van der Waals surface area contributed by atoms with Crippen LogP contribution in [0.2, 0.25) is 0 Å². The minimum Gasteiger partial charge on any atom is -0.364 e. The minimum atomic E-state index is -0.400. The molecule has 0 aliphatic rings. The van der Waals surface area contributed by atoms with Crippen LogP contribution in [0.15, 0.2) is 18.6 Å². The summed E-state index contributed by atoms with van der Waals surface area (Å²) < 4.78 is 15.5. The van der Waals surface area contributed by atoms with Crippen molar-refractivity contribution in [3.05, 3.63) is 29.7 Å². The van der Waals surface area contributed by atoms with E-state index in [9.17, 15) is 4.39 Å². The molecule has 0 amide bonds. The fraction of sp³-hybridized carbons (Fsp3) is 0.455. The van der Waals surface area contributed by atoms with Crippen LogP contribution in [0.5, 0.6) is 0 Å². The van der Waals surface area contributed by atoms with Crippen LogP contribution in [-0.2, 0) is 20.1 Å². The van der Waals surface area contributed by atoms with Crippen LogP contribution < -0.4 is 5.32 Å². The number of nitrogens with one attached hydrogen (secondary N) is 1. The van der Waals surface area contributed by atoms with Crippen LogP contribution in [0.4, 0.5) is 10.2 Å². The Balaban J connectivity index is 0.00000162. The zero-order chi connectivity index (χ0) is 12.3. The molecule has 2 rings (SSSR count). The molecule has 0 aliphatic carbocycles. The molecule has 0 radical (unpaired) electrons. The molecule has 2 aromatic rings. The highest BCUT2D eigenvalue weighted by molar-refractivity contribution is 5.85. The van der Waals surface area contributed by atoms with Crippen molar-refractivity contribution in [2.24, 2.45) is 7.05 Å². The van der Waals surface area contributed by atoms with Crippen molar-refractivity contribution in [1.82, 2.24) is 19.6 Å². The second-order valence-corrected chi connectivity index (χ2v) is 3.99. The Hall–Kier alpha value is -1.56. The summed E-state index contributed by atoms with van der Waals surface area (Å²) in [7, 11) is 1.88. The number of anilines is 1. The summed E-state index contributed by atoms with van der Waals surface area (Å²) in [6.07, 6.45) is 5.59. The Morgan fingerprint density at radius 1 is 1.39 bits per heavy atom. The first-order valence-electron chi connectivity index (χ1n) is 5.50. The summed E-state index contributed by atoms with van der Waals surface area (Å²) in [6, 6.07) is 0. The van der Waals surface area contributed by atoms with E-state index in [0.29, 0.717) is 13.1 Å². The standard InChI is InChI=1S/C11H16FN5.ClH/c1-9-7-17(4-3-12)15-11(9)13-5-10-6-14-16(2)8-10;/h6-8H,3-5H2,1-2H3,(H,13,15);1H. The highest BCUT2D eigenvalue weighted by Crippen LogP contribution is 2.12. The minimum absolute atomic E-state index is 0. The van der Waals surface area contributed by atoms with Crippen LogP contribution in [0, 0.1) is 6.92 Å². The summed E-state index contributed by atoms with van der Waals surface area (Å²) in [4.78, 5) is 0. The third-order valence-electron chi connectivity index (χ3n) is 2.48. The summed E-state index contributed by atoms with van der Waals surface area (Å²) in [5, 5.41) is 11.6. The van der Waals surface area contributed by atoms with Gasteiger partial charge in [0.15, 0.2) is 5.82 Å². The van der Waals surface area contributed by atoms with Crippen molar-refractivity contribution in [3.63, 3.8) is 0 Å². The second-order valence-electron chi connectivity index (χ2n) is 3.99. The van der Waals surface area contributed by atoms with Crippen molar-refractivity contribution in [2.75, 3.05) is 12.0 Å². The Labute approximate surface area is 111 Å². The summed E-state index contributed by atoms with van der Waals surface area (Å²) >= 11 is 0. The monoisotopic (exact) mass is 273 g/mol. The van der Waals surface area contributed by atoms with E-state index >= 15 is 0 Å². The van der Waals surface area contributed by atoms with Crippen molar-refractivity contribution in [1.29, 1.82) is 0 Å². The molecule has 0 aromatic carbocycles. The largest absolute Gasteiger partial charge is 0.364 e. The lowest BCUT2D eigenvalue weighted by Gasteiger charge is -2.01. The maximum Gasteiger partial charge on any atom is 0.151 e. The highest BCUT2D eigenvalue weighted by Gasteiger charge is 2.05. The fourth-order valence-corrected chi connectivity index (χ4v) is 1.65. The van der Waals surface area contributed by atoms with Gasteiger partial charge in [-0.3, -0.25) is 9.36 Å². The van der Waals surface area contributed by atoms with E-state index in [1.165, 1.54) is 0 Å². The molecule has 0 atom stereocenters. The van der Waals surface area contributed by atoms with E-state index in [1.54, 1.807) is 15.6 Å². The molecule has 0 saturated carbocycles. The van der Waals surface area contributed by atoms with Gasteiger partial charge in [-0.1, -0.05) is 0 Å². The van der Waals surface area contributed by atoms with E-state index in [1.807, 2.05) is 26.4 Å². The average Bonchev–Trinajstić information content (AvgIpc) is 2.83. The van der Waals surface area contributed by atoms with Crippen molar-refractivity contribution >= 4 is 18.2 Å². The average molecular weight is 274 g/mol. The van der Waals surface area contributed by atoms with Gasteiger partial charge in [-0.15, -0.1) is 12.4 Å². The number of hydrogen-bond donors (Lipinski definition) is 1. The molecule has 0 spiro atoms. The van der Waals surface area contributed by atoms with Crippen molar-refractivity contribution in [2.45, 2.75) is 20.0 Å². The van der Waals surface area contributed by atoms with Crippen LogP contribution >= 0.6 is 12.4 Å². The van der Waals surface area contributed by atoms with Crippen LogP contribution in [0.3, 0.4) is 0 Å². The summed E-state index contributed by atoms with van der Waals surface area (Å²) in [6.45, 7) is 2.52. The Bertz CT molecular complexity index is 493. The summed E-state index contributed by atoms with van der Waals surface area (Å²) in [5.41, 5.74) is 2.11. The van der Waals surface area contributed by atoms with Crippen LogP contribution in [0.25, 0.3) is 0 Å². The third kappa shape index (κ3) is 3.46. The van der Waals surface area contributed by atoms with Crippen LogP contribution in [-0.4, -0.2) is 26.2 Å². The number of halogens is 2. The molecule has 2 heterocycles. The van der Waals surface area contributed by atoms with Gasteiger partial charge in [0.1, 0.15) is 6.67 Å². The first-order valence-corrected chi connectivity index (χ1v) is 5.50. The number of aromatic nitrogens is 4. The molecule has 18 heavy (non-hydrogen) atoms. The molecular formula is C11H17ClFN5. The lowest BCUT2D eigenvalue weighted by atomic mass is 10.3. The number of nitrogens with zero attached hydrogens (tertiary/aromatic N) is 4. The molecule has 100 valence electrons. The predicted molar refractivity (Wildman–Crippen MR) is 70.7 cm³/mol. The molecule has 0 unspecified atom stereocenters. The Morgan fingerprint density at radius 2 is 2.17 bits per heavy atom. The predicted octanol–water partition coefficient (Wildman–Crippen LogP) is 1.93. The Kier molecular flexibility index (Phi) is 5.15. The van der Waals surface area contributed by atoms with E-state index < -0.39 is 6.67 Å². The normalized spacial score (nSPS) is 10.2. The maximum absolute atomic E-state index is 12.2. The smallest absolute Gasteiger partial charge is 0.151 e. The molecule has 0 fully saturated rings. The van der Waals surface area contributed by atoms with Gasteiger partial charge in [-0.25, -0.2) is 4.39 Å². The number of hydrogen-bond acceptors (Lipinski definition) is 3. The quantitative estimate of drug-likeness (QED) is 0.906. The maximum atomic E-state index is 12.2. The number of aryl methyl sites for hydroxylation is 3. The van der Waals surface area contributed by atoms with Crippen molar-refractivity contribution < 1.29 is 4.39 Å². The van der Waals surface area contributed by atoms with E-state index in [4.69, 9.17) is 0 Å². The number of alkyl halides is 1. The molecule has 0 aliphatic heterocycles. The zero-order valence-corrected chi connectivity index (χ0v) is 11.2. The molecule has 7 heteroatoms. The molecule has 5 nitrogen and oxygen atoms in total. The van der Waals surface area contributed by atoms with Gasteiger partial charge in [0.25, 0.3) is 0 Å². The van der Waals surface area contributed by atoms with E-state index in [0.717, 1.165) is 16.9 Å². The molecular weight excluding hydrogens is 257 g/mol. The van der Waals surface area contributed by atoms with Gasteiger partial charge in [0.05, 0.1) is 12.7 Å². The Morgan fingerprint density at radius 3 is 2.78 bits per heavy atom. The lowest BCUT2D eigenvalue weighted by Crippen LogP contribution is -2.03. The highest BCUT2D eigenvalue weighted by atomic mass is 35.5. The van der Waals surface area contributed by atoms with Crippen LogP contribution in [0.1, 0.15) is 11.1 Å². The lowest BCUT2D eigenvalue weighted by molar-refractivity contribution is 0.427. The molecule has 1 N–H and O–H groups in total. The van der Waals surface area contributed by atoms with Gasteiger partial charge in [-0.2, -0.15) is 10.2 Å². The van der Waals surface area contributed by atoms with E-state index in [-0.39, 0.29) is 12.4 Å². The third-order valence-corrected chi connectivity index (χ3v) is 2.48. The van der Waals surface area contributed by atoms with Gasteiger partial charge in [0, 0.05) is 37.1 Å². The fourth-order valence-electron chi connectivity index (χ4n) is 1.65. The van der Waals surface area contributed by atoms with Gasteiger partial charge in [0.2, 0.25) is 0 Å². The number of rotatable bonds is 5. The first kappa shape index (κ1) is 14.5. The van der Waals surface area contributed by atoms with Crippen molar-refractivity contribution in [3.8, 4) is 0 Å². The zero-order valence-electron chi connectivity index (χ0n) is 10.4. The summed E-state index contributed by atoms with van der Waals surface area (Å²) in [5.74, 6) is 0.794. The van der Waals surface area contributed by atoms with Gasteiger partial charge >= 0.3 is 0 Å². The molecule has 0 saturated heterocycles. The van der Waals surface area contributed by atoms with Gasteiger partial charge < -0.3 is 5.32 Å². The topological polar surface area (TPSA) is 47.7 Å². The molecule has 0 bridgehead atoms. The SMILES string of the molecule is Cc1cn(CCF)nc1NCc1cnn(C)c1.Cl. The van der Waals surface area contributed by atoms with E-state index in [2.05, 4.69) is 15.5 Å².